The van der Waals surface area contributed by atoms with Crippen LogP contribution in [-0.2, 0) is 22.6 Å². The first kappa shape index (κ1) is 32.0. The lowest BCUT2D eigenvalue weighted by Crippen LogP contribution is -2.39. The molecule has 2 aromatic heterocycles. The zero-order valence-electron chi connectivity index (χ0n) is 26.3. The van der Waals surface area contributed by atoms with E-state index in [1.807, 2.05) is 33.0 Å². The second-order valence-electron chi connectivity index (χ2n) is 11.8. The number of piperidine rings is 1. The van der Waals surface area contributed by atoms with Crippen LogP contribution >= 0.6 is 0 Å². The van der Waals surface area contributed by atoms with E-state index in [0.717, 1.165) is 32.5 Å². The van der Waals surface area contributed by atoms with Crippen LogP contribution in [0, 0.1) is 19.8 Å². The second-order valence-corrected chi connectivity index (χ2v) is 11.8. The summed E-state index contributed by atoms with van der Waals surface area (Å²) in [5.41, 5.74) is 5.71. The molecule has 10 nitrogen and oxygen atoms in total. The van der Waals surface area contributed by atoms with E-state index in [1.54, 1.807) is 30.9 Å². The van der Waals surface area contributed by atoms with Gasteiger partial charge in [0.15, 0.2) is 0 Å². The van der Waals surface area contributed by atoms with E-state index in [2.05, 4.69) is 54.1 Å². The average molecular weight is 587 g/mol. The predicted octanol–water partition coefficient (Wildman–Crippen LogP) is 5.29. The van der Waals surface area contributed by atoms with Crippen LogP contribution in [0.15, 0.2) is 51.9 Å². The minimum absolute atomic E-state index is 0.0271. The summed E-state index contributed by atoms with van der Waals surface area (Å²) in [6, 6.07) is 1.71. The largest absolute Gasteiger partial charge is 0.324 e. The van der Waals surface area contributed by atoms with Crippen molar-refractivity contribution < 1.29 is 9.59 Å². The number of aryl methyl sites for hydroxylation is 3. The fraction of sp³-hybridized carbons (Fsp3) is 0.515. The van der Waals surface area contributed by atoms with E-state index in [-0.39, 0.29) is 17.9 Å². The lowest BCUT2D eigenvalue weighted by Gasteiger charge is -2.30. The molecule has 0 aliphatic carbocycles. The van der Waals surface area contributed by atoms with Gasteiger partial charge in [0.05, 0.1) is 47.6 Å². The Labute approximate surface area is 255 Å². The van der Waals surface area contributed by atoms with Crippen molar-refractivity contribution in [3.05, 3.63) is 58.8 Å². The molecule has 43 heavy (non-hydrogen) atoms. The van der Waals surface area contributed by atoms with Gasteiger partial charge < -0.3 is 10.6 Å². The van der Waals surface area contributed by atoms with E-state index in [4.69, 9.17) is 0 Å². The van der Waals surface area contributed by atoms with Gasteiger partial charge in [-0.2, -0.15) is 5.10 Å². The number of likely N-dealkylation sites (tertiary alicyclic amines) is 1. The minimum atomic E-state index is -0.296. The predicted molar refractivity (Wildman–Crippen MR) is 174 cm³/mol. The number of aliphatic imine (C=N–C) groups is 2. The average Bonchev–Trinajstić information content (AvgIpc) is 3.40. The van der Waals surface area contributed by atoms with Crippen LogP contribution in [0.1, 0.15) is 69.8 Å². The van der Waals surface area contributed by atoms with Gasteiger partial charge in [-0.3, -0.25) is 34.1 Å². The number of rotatable bonds is 6. The smallest absolute Gasteiger partial charge is 0.257 e. The molecule has 10 heteroatoms. The molecule has 2 amide bonds. The summed E-state index contributed by atoms with van der Waals surface area (Å²) in [6.07, 6.45) is 17.5. The van der Waals surface area contributed by atoms with Crippen molar-refractivity contribution in [3.63, 3.8) is 0 Å². The van der Waals surface area contributed by atoms with Crippen LogP contribution in [0.3, 0.4) is 0 Å². The summed E-state index contributed by atoms with van der Waals surface area (Å²) in [6.45, 7) is 13.4. The maximum absolute atomic E-state index is 13.1. The number of fused-ring (bicyclic) bond motifs is 1. The van der Waals surface area contributed by atoms with E-state index in [1.165, 1.54) is 36.9 Å². The quantitative estimate of drug-likeness (QED) is 0.477. The maximum Gasteiger partial charge on any atom is 0.257 e. The highest BCUT2D eigenvalue weighted by molar-refractivity contribution is 6.21. The molecular weight excluding hydrogens is 540 g/mol. The van der Waals surface area contributed by atoms with Gasteiger partial charge in [-0.1, -0.05) is 13.8 Å². The van der Waals surface area contributed by atoms with Gasteiger partial charge in [0.2, 0.25) is 5.91 Å². The first-order chi connectivity index (χ1) is 20.7. The van der Waals surface area contributed by atoms with Gasteiger partial charge in [-0.05, 0) is 95.0 Å². The summed E-state index contributed by atoms with van der Waals surface area (Å²) in [7, 11) is 0. The fourth-order valence-electron chi connectivity index (χ4n) is 5.50. The topological polar surface area (TPSA) is 117 Å². The molecule has 0 spiro atoms. The zero-order valence-corrected chi connectivity index (χ0v) is 26.3. The van der Waals surface area contributed by atoms with Gasteiger partial charge >= 0.3 is 0 Å². The number of hydrogen-bond donors (Lipinski definition) is 2. The molecular formula is C33H46N8O2. The highest BCUT2D eigenvalue weighted by atomic mass is 16.2. The van der Waals surface area contributed by atoms with Gasteiger partial charge in [-0.25, -0.2) is 0 Å². The highest BCUT2D eigenvalue weighted by Gasteiger charge is 2.19. The van der Waals surface area contributed by atoms with Crippen molar-refractivity contribution in [1.82, 2.24) is 19.7 Å². The number of pyridine rings is 1. The van der Waals surface area contributed by atoms with E-state index < -0.39 is 0 Å². The molecule has 230 valence electrons. The lowest BCUT2D eigenvalue weighted by molar-refractivity contribution is -0.117. The Morgan fingerprint density at radius 2 is 1.88 bits per heavy atom. The molecule has 3 aliphatic rings. The summed E-state index contributed by atoms with van der Waals surface area (Å²) in [5.74, 6) is 0.236. The molecule has 0 radical (unpaired) electrons. The minimum Gasteiger partial charge on any atom is -0.324 e. The van der Waals surface area contributed by atoms with Gasteiger partial charge in [0, 0.05) is 37.4 Å². The van der Waals surface area contributed by atoms with Crippen LogP contribution in [-0.4, -0.2) is 69.6 Å². The number of nitrogens with one attached hydrogen (secondary N) is 2. The van der Waals surface area contributed by atoms with Crippen molar-refractivity contribution >= 4 is 35.6 Å². The molecule has 2 aromatic rings. The molecule has 0 saturated carbocycles. The monoisotopic (exact) mass is 586 g/mol. The van der Waals surface area contributed by atoms with Crippen molar-refractivity contribution in [2.45, 2.75) is 85.7 Å². The van der Waals surface area contributed by atoms with Gasteiger partial charge in [0.1, 0.15) is 0 Å². The molecule has 2 unspecified atom stereocenters. The van der Waals surface area contributed by atoms with Crippen LogP contribution in [0.2, 0.25) is 0 Å². The van der Waals surface area contributed by atoms with Gasteiger partial charge in [0.25, 0.3) is 5.91 Å². The number of hydrogen-bond acceptors (Lipinski definition) is 7. The number of anilines is 2. The Hall–Kier alpha value is -3.92. The standard InChI is InChI=1S/C25H34N6O2.C8H12N2/c1-5-20-8-9-26-12-18(3)22(14-28-20)25(33)30-23-11-21(13-27-19(23)4)29-24(32)16-31-10-6-7-17(2)15-31;1-7-6-9-10-5-3-2-4-8(7)10/h8-9,11-14,17,20H,5-7,10,15-16H2,1-4H3,(H,29,32)(H,30,33);6H,2-5H2,1H3/b9-8-,22-18-,26-12-,28-14?;. The van der Waals surface area contributed by atoms with Crippen molar-refractivity contribution in [2.24, 2.45) is 15.9 Å². The van der Waals surface area contributed by atoms with Crippen LogP contribution in [0.25, 0.3) is 0 Å². The Bertz CT molecular complexity index is 1400. The Balaban J connectivity index is 0.000000353. The van der Waals surface area contributed by atoms with Crippen molar-refractivity contribution in [2.75, 3.05) is 30.3 Å². The summed E-state index contributed by atoms with van der Waals surface area (Å²) in [4.78, 5) is 40.9. The summed E-state index contributed by atoms with van der Waals surface area (Å²) in [5, 5.41) is 10.1. The molecule has 3 aliphatic heterocycles. The van der Waals surface area contributed by atoms with E-state index in [0.29, 0.717) is 40.7 Å². The third-order valence-electron chi connectivity index (χ3n) is 8.06. The van der Waals surface area contributed by atoms with Crippen molar-refractivity contribution in [3.8, 4) is 0 Å². The third-order valence-corrected chi connectivity index (χ3v) is 8.06. The molecule has 0 bridgehead atoms. The highest BCUT2D eigenvalue weighted by Crippen LogP contribution is 2.20. The molecule has 2 atom stereocenters. The molecule has 5 rings (SSSR count). The number of allylic oxidation sites excluding steroid dienone is 1. The van der Waals surface area contributed by atoms with Gasteiger partial charge in [-0.15, -0.1) is 0 Å². The van der Waals surface area contributed by atoms with Crippen LogP contribution in [0.5, 0.6) is 0 Å². The van der Waals surface area contributed by atoms with Crippen LogP contribution < -0.4 is 10.6 Å². The SMILES string of the molecule is CCC1\C=C/N=C\C(C)=C(/C(=O)Nc2cc(NC(=O)CN3CCCC(C)C3)cnc2C)C=N1.Cc1cnn2c1CCCC2. The maximum atomic E-state index is 13.1. The Morgan fingerprint density at radius 1 is 1.05 bits per heavy atom. The molecule has 5 heterocycles. The van der Waals surface area contributed by atoms with Crippen LogP contribution in [0.4, 0.5) is 11.4 Å². The zero-order chi connectivity index (χ0) is 30.8. The number of nitrogens with zero attached hydrogens (tertiary/aromatic N) is 6. The summed E-state index contributed by atoms with van der Waals surface area (Å²) < 4.78 is 2.14. The number of carbonyl (C=O) groups is 2. The first-order valence-electron chi connectivity index (χ1n) is 15.5. The second kappa shape index (κ2) is 15.5. The number of carbonyl (C=O) groups excluding carboxylic acids is 2. The molecule has 0 aromatic carbocycles. The normalized spacial score (nSPS) is 23.5. The third kappa shape index (κ3) is 9.28. The fourth-order valence-corrected chi connectivity index (χ4v) is 5.50. The van der Waals surface area contributed by atoms with E-state index in [9.17, 15) is 9.59 Å². The Kier molecular flexibility index (Phi) is 11.6. The Morgan fingerprint density at radius 3 is 2.65 bits per heavy atom. The number of aromatic nitrogens is 3. The lowest BCUT2D eigenvalue weighted by atomic mass is 10.0. The van der Waals surface area contributed by atoms with E-state index >= 15 is 0 Å². The molecule has 2 N–H and O–H groups in total. The summed E-state index contributed by atoms with van der Waals surface area (Å²) >= 11 is 0. The van der Waals surface area contributed by atoms with Crippen molar-refractivity contribution in [1.29, 1.82) is 0 Å². The molecule has 1 saturated heterocycles. The first-order valence-corrected chi connectivity index (χ1v) is 15.5. The number of amides is 2. The molecule has 1 fully saturated rings.